The van der Waals surface area contributed by atoms with Gasteiger partial charge in [0.1, 0.15) is 18.2 Å². The van der Waals surface area contributed by atoms with Crippen LogP contribution < -0.4 is 10.5 Å². The Balaban J connectivity index is 2.37. The van der Waals surface area contributed by atoms with Crippen LogP contribution in [0.15, 0.2) is 18.2 Å². The summed E-state index contributed by atoms with van der Waals surface area (Å²) >= 11 is 0. The van der Waals surface area contributed by atoms with Gasteiger partial charge in [0.05, 0.1) is 5.54 Å². The van der Waals surface area contributed by atoms with Gasteiger partial charge in [0.15, 0.2) is 0 Å². The van der Waals surface area contributed by atoms with Gasteiger partial charge in [-0.3, -0.25) is 0 Å². The number of nitrogens with two attached hydrogens (primary N) is 1. The molecule has 1 aromatic carbocycles. The number of fused-ring (bicyclic) bond motifs is 1. The summed E-state index contributed by atoms with van der Waals surface area (Å²) in [5.74, 6) is 0.363. The van der Waals surface area contributed by atoms with Gasteiger partial charge < -0.3 is 10.5 Å². The number of rotatable bonds is 0. The molecular weight excluding hydrogens is 169 g/mol. The van der Waals surface area contributed by atoms with E-state index in [-0.39, 0.29) is 11.4 Å². The van der Waals surface area contributed by atoms with Crippen LogP contribution in [0.2, 0.25) is 0 Å². The first-order chi connectivity index (χ1) is 6.07. The quantitative estimate of drug-likeness (QED) is 0.658. The SMILES string of the molecule is CC1(N)COc2cc(F)ccc2C1. The third-order valence-corrected chi connectivity index (χ3v) is 2.18. The summed E-state index contributed by atoms with van der Waals surface area (Å²) in [6, 6.07) is 4.57. The summed E-state index contributed by atoms with van der Waals surface area (Å²) in [5, 5.41) is 0. The van der Waals surface area contributed by atoms with Crippen LogP contribution in [0.4, 0.5) is 4.39 Å². The van der Waals surface area contributed by atoms with Crippen molar-refractivity contribution in [2.75, 3.05) is 6.61 Å². The van der Waals surface area contributed by atoms with Crippen LogP contribution in [0.5, 0.6) is 5.75 Å². The third-order valence-electron chi connectivity index (χ3n) is 2.18. The van der Waals surface area contributed by atoms with Crippen molar-refractivity contribution >= 4 is 0 Å². The first kappa shape index (κ1) is 8.51. The lowest BCUT2D eigenvalue weighted by molar-refractivity contribution is 0.203. The predicted molar refractivity (Wildman–Crippen MR) is 48.2 cm³/mol. The molecule has 0 spiro atoms. The lowest BCUT2D eigenvalue weighted by atomic mass is 9.92. The highest BCUT2D eigenvalue weighted by molar-refractivity contribution is 5.37. The largest absolute Gasteiger partial charge is 0.491 e. The normalized spacial score (nSPS) is 26.4. The number of hydrogen-bond donors (Lipinski definition) is 1. The maximum atomic E-state index is 12.8. The molecule has 1 heterocycles. The van der Waals surface area contributed by atoms with Crippen LogP contribution in [-0.2, 0) is 6.42 Å². The molecule has 3 heteroatoms. The first-order valence-electron chi connectivity index (χ1n) is 4.27. The Bertz CT molecular complexity index is 336. The molecule has 0 aliphatic carbocycles. The molecule has 2 rings (SSSR count). The second kappa shape index (κ2) is 2.70. The Hall–Kier alpha value is -1.09. The van der Waals surface area contributed by atoms with E-state index in [9.17, 15) is 4.39 Å². The fraction of sp³-hybridized carbons (Fsp3) is 0.400. The zero-order chi connectivity index (χ0) is 9.47. The molecule has 1 aliphatic heterocycles. The summed E-state index contributed by atoms with van der Waals surface area (Å²) in [5.41, 5.74) is 6.57. The summed E-state index contributed by atoms with van der Waals surface area (Å²) in [6.07, 6.45) is 0.739. The topological polar surface area (TPSA) is 35.2 Å². The minimum atomic E-state index is -0.329. The molecule has 0 amide bonds. The Morgan fingerprint density at radius 1 is 1.54 bits per heavy atom. The molecule has 1 aliphatic rings. The highest BCUT2D eigenvalue weighted by Gasteiger charge is 2.27. The van der Waals surface area contributed by atoms with Gasteiger partial charge >= 0.3 is 0 Å². The van der Waals surface area contributed by atoms with Gasteiger partial charge in [-0.2, -0.15) is 0 Å². The Morgan fingerprint density at radius 2 is 2.31 bits per heavy atom. The minimum Gasteiger partial charge on any atom is -0.491 e. The molecule has 1 unspecified atom stereocenters. The Morgan fingerprint density at radius 3 is 3.08 bits per heavy atom. The molecule has 0 fully saturated rings. The van der Waals surface area contributed by atoms with Crippen LogP contribution in [0, 0.1) is 5.82 Å². The van der Waals surface area contributed by atoms with Gasteiger partial charge in [0, 0.05) is 6.07 Å². The van der Waals surface area contributed by atoms with E-state index < -0.39 is 0 Å². The molecule has 1 aromatic rings. The summed E-state index contributed by atoms with van der Waals surface area (Å²) < 4.78 is 18.1. The van der Waals surface area contributed by atoms with Crippen molar-refractivity contribution in [2.45, 2.75) is 18.9 Å². The molecule has 1 atom stereocenters. The van der Waals surface area contributed by atoms with E-state index in [0.29, 0.717) is 12.4 Å². The number of hydrogen-bond acceptors (Lipinski definition) is 2. The van der Waals surface area contributed by atoms with Crippen LogP contribution in [0.1, 0.15) is 12.5 Å². The van der Waals surface area contributed by atoms with Gasteiger partial charge in [-0.25, -0.2) is 4.39 Å². The molecule has 13 heavy (non-hydrogen) atoms. The van der Waals surface area contributed by atoms with Crippen molar-refractivity contribution in [3.05, 3.63) is 29.6 Å². The molecule has 70 valence electrons. The lowest BCUT2D eigenvalue weighted by Gasteiger charge is -2.31. The second-order valence-electron chi connectivity index (χ2n) is 3.87. The van der Waals surface area contributed by atoms with Crippen LogP contribution >= 0.6 is 0 Å². The van der Waals surface area contributed by atoms with E-state index in [4.69, 9.17) is 10.5 Å². The van der Waals surface area contributed by atoms with Crippen molar-refractivity contribution in [2.24, 2.45) is 5.73 Å². The average Bonchev–Trinajstić information content (AvgIpc) is 2.05. The van der Waals surface area contributed by atoms with Gasteiger partial charge in [-0.15, -0.1) is 0 Å². The summed E-state index contributed by atoms with van der Waals surface area (Å²) in [6.45, 7) is 2.38. The van der Waals surface area contributed by atoms with Crippen molar-refractivity contribution in [3.8, 4) is 5.75 Å². The van der Waals surface area contributed by atoms with Crippen molar-refractivity contribution < 1.29 is 9.13 Å². The fourth-order valence-corrected chi connectivity index (χ4v) is 1.54. The highest BCUT2D eigenvalue weighted by Crippen LogP contribution is 2.28. The standard InChI is InChI=1S/C10H12FNO/c1-10(12)5-7-2-3-8(11)4-9(7)13-6-10/h2-4H,5-6,12H2,1H3. The Kier molecular flexibility index (Phi) is 1.77. The van der Waals surface area contributed by atoms with Gasteiger partial charge in [-0.1, -0.05) is 6.07 Å². The number of ether oxygens (including phenoxy) is 1. The van der Waals surface area contributed by atoms with Gasteiger partial charge in [-0.05, 0) is 25.0 Å². The predicted octanol–water partition coefficient (Wildman–Crippen LogP) is 1.48. The lowest BCUT2D eigenvalue weighted by Crippen LogP contribution is -2.47. The van der Waals surface area contributed by atoms with Crippen molar-refractivity contribution in [3.63, 3.8) is 0 Å². The first-order valence-corrected chi connectivity index (χ1v) is 4.27. The molecule has 0 saturated heterocycles. The van der Waals surface area contributed by atoms with E-state index in [0.717, 1.165) is 12.0 Å². The smallest absolute Gasteiger partial charge is 0.126 e. The van der Waals surface area contributed by atoms with Crippen LogP contribution in [0.3, 0.4) is 0 Å². The molecule has 0 radical (unpaired) electrons. The average molecular weight is 181 g/mol. The van der Waals surface area contributed by atoms with Crippen LogP contribution in [0.25, 0.3) is 0 Å². The second-order valence-corrected chi connectivity index (χ2v) is 3.87. The van der Waals surface area contributed by atoms with Crippen molar-refractivity contribution in [1.29, 1.82) is 0 Å². The molecule has 2 nitrogen and oxygen atoms in total. The summed E-state index contributed by atoms with van der Waals surface area (Å²) in [7, 11) is 0. The monoisotopic (exact) mass is 181 g/mol. The Labute approximate surface area is 76.5 Å². The molecule has 0 aromatic heterocycles. The molecule has 0 saturated carbocycles. The maximum absolute atomic E-state index is 12.8. The highest BCUT2D eigenvalue weighted by atomic mass is 19.1. The zero-order valence-corrected chi connectivity index (χ0v) is 7.51. The fourth-order valence-electron chi connectivity index (χ4n) is 1.54. The maximum Gasteiger partial charge on any atom is 0.126 e. The number of halogens is 1. The van der Waals surface area contributed by atoms with Gasteiger partial charge in [0.2, 0.25) is 0 Å². The molecule has 0 bridgehead atoms. The zero-order valence-electron chi connectivity index (χ0n) is 7.51. The third kappa shape index (κ3) is 1.65. The van der Waals surface area contributed by atoms with E-state index in [2.05, 4.69) is 0 Å². The molecule has 2 N–H and O–H groups in total. The van der Waals surface area contributed by atoms with E-state index in [1.54, 1.807) is 6.07 Å². The van der Waals surface area contributed by atoms with E-state index in [1.165, 1.54) is 12.1 Å². The minimum absolute atomic E-state index is 0.264. The summed E-state index contributed by atoms with van der Waals surface area (Å²) in [4.78, 5) is 0. The van der Waals surface area contributed by atoms with E-state index >= 15 is 0 Å². The number of benzene rings is 1. The van der Waals surface area contributed by atoms with Gasteiger partial charge in [0.25, 0.3) is 0 Å². The molecular formula is C10H12FNO. The van der Waals surface area contributed by atoms with Crippen LogP contribution in [-0.4, -0.2) is 12.1 Å². The van der Waals surface area contributed by atoms with E-state index in [1.807, 2.05) is 6.92 Å². The van der Waals surface area contributed by atoms with Crippen molar-refractivity contribution in [1.82, 2.24) is 0 Å².